The van der Waals surface area contributed by atoms with Crippen molar-refractivity contribution in [3.8, 4) is 23.5 Å². The van der Waals surface area contributed by atoms with E-state index >= 15 is 0 Å². The number of amides is 1. The second-order valence-corrected chi connectivity index (χ2v) is 7.89. The monoisotopic (exact) mass is 395 g/mol. The van der Waals surface area contributed by atoms with Gasteiger partial charge in [-0.25, -0.2) is 13.6 Å². The van der Waals surface area contributed by atoms with Gasteiger partial charge >= 0.3 is 6.09 Å². The van der Waals surface area contributed by atoms with Gasteiger partial charge in [0, 0.05) is 25.8 Å². The van der Waals surface area contributed by atoms with Gasteiger partial charge in [0.25, 0.3) is 0 Å². The molecule has 0 unspecified atom stereocenters. The van der Waals surface area contributed by atoms with Crippen LogP contribution in [0.4, 0.5) is 13.6 Å². The summed E-state index contributed by atoms with van der Waals surface area (Å²) in [7, 11) is 1.54. The number of hydrogen-bond acceptors (Lipinski definition) is 2. The smallest absolute Gasteiger partial charge is 0.410 e. The van der Waals surface area contributed by atoms with E-state index in [9.17, 15) is 13.6 Å². The predicted octanol–water partition coefficient (Wildman–Crippen LogP) is 5.45. The van der Waals surface area contributed by atoms with Crippen molar-refractivity contribution in [2.75, 3.05) is 13.7 Å². The van der Waals surface area contributed by atoms with Crippen molar-refractivity contribution in [3.63, 3.8) is 0 Å². The SMILES string of the molecule is C#CC1(N(C)C(=O)OCC2c3ccccc3-c3ccccc32)CCC(F)(F)CC1. The highest BCUT2D eigenvalue weighted by atomic mass is 19.3. The zero-order chi connectivity index (χ0) is 20.6. The summed E-state index contributed by atoms with van der Waals surface area (Å²) >= 11 is 0. The number of terminal acetylenes is 1. The number of nitrogens with zero attached hydrogens (tertiary/aromatic N) is 1. The number of ether oxygens (including phenoxy) is 1. The van der Waals surface area contributed by atoms with Crippen LogP contribution >= 0.6 is 0 Å². The van der Waals surface area contributed by atoms with Gasteiger partial charge in [-0.2, -0.15) is 0 Å². The predicted molar refractivity (Wildman–Crippen MR) is 108 cm³/mol. The molecule has 5 heteroatoms. The molecule has 3 nitrogen and oxygen atoms in total. The van der Waals surface area contributed by atoms with Crippen LogP contribution in [0.25, 0.3) is 11.1 Å². The van der Waals surface area contributed by atoms with Gasteiger partial charge in [-0.3, -0.25) is 4.90 Å². The summed E-state index contributed by atoms with van der Waals surface area (Å²) in [6, 6.07) is 16.2. The first-order chi connectivity index (χ1) is 13.9. The highest BCUT2D eigenvalue weighted by molar-refractivity contribution is 5.79. The van der Waals surface area contributed by atoms with Crippen molar-refractivity contribution in [1.29, 1.82) is 0 Å². The van der Waals surface area contributed by atoms with Gasteiger partial charge < -0.3 is 4.74 Å². The first kappa shape index (κ1) is 19.4. The molecule has 2 aliphatic carbocycles. The first-order valence-corrected chi connectivity index (χ1v) is 9.81. The van der Waals surface area contributed by atoms with Crippen LogP contribution in [0.1, 0.15) is 42.7 Å². The molecule has 0 N–H and O–H groups in total. The van der Waals surface area contributed by atoms with Crippen molar-refractivity contribution < 1.29 is 18.3 Å². The van der Waals surface area contributed by atoms with Crippen molar-refractivity contribution in [2.24, 2.45) is 0 Å². The second-order valence-electron chi connectivity index (χ2n) is 7.89. The Morgan fingerprint density at radius 3 is 2.10 bits per heavy atom. The largest absolute Gasteiger partial charge is 0.448 e. The number of carbonyl (C=O) groups is 1. The summed E-state index contributed by atoms with van der Waals surface area (Å²) in [5.41, 5.74) is 3.50. The molecule has 0 heterocycles. The molecule has 0 aromatic heterocycles. The van der Waals surface area contributed by atoms with Gasteiger partial charge in [0.05, 0.1) is 0 Å². The molecule has 0 atom stereocenters. The summed E-state index contributed by atoms with van der Waals surface area (Å²) in [5, 5.41) is 0. The van der Waals surface area contributed by atoms with Crippen LogP contribution in [-0.2, 0) is 4.74 Å². The molecule has 4 rings (SSSR count). The molecule has 29 heavy (non-hydrogen) atoms. The maximum absolute atomic E-state index is 13.6. The average molecular weight is 395 g/mol. The summed E-state index contributed by atoms with van der Waals surface area (Å²) in [4.78, 5) is 14.1. The summed E-state index contributed by atoms with van der Waals surface area (Å²) in [6.45, 7) is 0.175. The Kier molecular flexibility index (Phi) is 4.82. The molecular weight excluding hydrogens is 372 g/mol. The lowest BCUT2D eigenvalue weighted by molar-refractivity contribution is -0.0626. The quantitative estimate of drug-likeness (QED) is 0.647. The molecule has 1 saturated carbocycles. The van der Waals surface area contributed by atoms with E-state index in [4.69, 9.17) is 11.2 Å². The number of carbonyl (C=O) groups excluding carboxylic acids is 1. The topological polar surface area (TPSA) is 29.5 Å². The maximum Gasteiger partial charge on any atom is 0.410 e. The molecule has 1 fully saturated rings. The second kappa shape index (κ2) is 7.18. The van der Waals surface area contributed by atoms with E-state index in [-0.39, 0.29) is 38.2 Å². The molecule has 2 aromatic rings. The Labute approximate surface area is 169 Å². The molecule has 150 valence electrons. The Morgan fingerprint density at radius 1 is 1.07 bits per heavy atom. The highest BCUT2D eigenvalue weighted by Gasteiger charge is 2.46. The normalized spacial score (nSPS) is 19.0. The number of rotatable bonds is 3. The van der Waals surface area contributed by atoms with E-state index in [1.54, 1.807) is 7.05 Å². The minimum Gasteiger partial charge on any atom is -0.448 e. The van der Waals surface area contributed by atoms with Gasteiger partial charge in [0.15, 0.2) is 0 Å². The number of alkyl halides is 2. The Morgan fingerprint density at radius 2 is 1.59 bits per heavy atom. The molecule has 2 aliphatic rings. The molecule has 2 aromatic carbocycles. The minimum absolute atomic E-state index is 0.0581. The van der Waals surface area contributed by atoms with Crippen molar-refractivity contribution in [2.45, 2.75) is 43.1 Å². The van der Waals surface area contributed by atoms with E-state index in [0.29, 0.717) is 0 Å². The van der Waals surface area contributed by atoms with Crippen LogP contribution < -0.4 is 0 Å². The average Bonchev–Trinajstić information content (AvgIpc) is 3.06. The zero-order valence-corrected chi connectivity index (χ0v) is 16.3. The van der Waals surface area contributed by atoms with Crippen LogP contribution in [-0.4, -0.2) is 36.1 Å². The molecule has 0 aliphatic heterocycles. The van der Waals surface area contributed by atoms with Gasteiger partial charge in [0.1, 0.15) is 12.1 Å². The van der Waals surface area contributed by atoms with Gasteiger partial charge in [-0.05, 0) is 35.1 Å². The number of halogens is 2. The third-order valence-corrected chi connectivity index (χ3v) is 6.33. The van der Waals surface area contributed by atoms with Gasteiger partial charge in [-0.1, -0.05) is 54.5 Å². The fraction of sp³-hybridized carbons (Fsp3) is 0.375. The van der Waals surface area contributed by atoms with E-state index in [0.717, 1.165) is 22.3 Å². The van der Waals surface area contributed by atoms with Crippen LogP contribution in [0.15, 0.2) is 48.5 Å². The van der Waals surface area contributed by atoms with E-state index in [1.165, 1.54) is 4.90 Å². The molecule has 1 amide bonds. The standard InChI is InChI=1S/C24H23F2NO2/c1-3-23(12-14-24(25,26)15-13-23)27(2)22(28)29-16-21-19-10-6-4-8-17(19)18-9-5-7-11-20(18)21/h1,4-11,21H,12-16H2,2H3. The molecule has 0 radical (unpaired) electrons. The third-order valence-electron chi connectivity index (χ3n) is 6.33. The lowest BCUT2D eigenvalue weighted by Crippen LogP contribution is -2.52. The first-order valence-electron chi connectivity index (χ1n) is 9.81. The van der Waals surface area contributed by atoms with Gasteiger partial charge in [-0.15, -0.1) is 6.42 Å². The maximum atomic E-state index is 13.6. The fourth-order valence-corrected chi connectivity index (χ4v) is 4.47. The van der Waals surface area contributed by atoms with Gasteiger partial charge in [0.2, 0.25) is 5.92 Å². The number of benzene rings is 2. The summed E-state index contributed by atoms with van der Waals surface area (Å²) in [5.74, 6) is -0.191. The molecular formula is C24H23F2NO2. The van der Waals surface area contributed by atoms with E-state index in [2.05, 4.69) is 18.1 Å². The lowest BCUT2D eigenvalue weighted by Gasteiger charge is -2.42. The third kappa shape index (κ3) is 3.37. The highest BCUT2D eigenvalue weighted by Crippen LogP contribution is 2.45. The minimum atomic E-state index is -2.72. The Balaban J connectivity index is 1.49. The molecule has 0 bridgehead atoms. The van der Waals surface area contributed by atoms with Crippen LogP contribution in [0.2, 0.25) is 0 Å². The Bertz CT molecular complexity index is 923. The van der Waals surface area contributed by atoms with E-state index in [1.807, 2.05) is 36.4 Å². The van der Waals surface area contributed by atoms with Crippen LogP contribution in [0, 0.1) is 12.3 Å². The molecule has 0 spiro atoms. The van der Waals surface area contributed by atoms with Crippen LogP contribution in [0.3, 0.4) is 0 Å². The van der Waals surface area contributed by atoms with Crippen LogP contribution in [0.5, 0.6) is 0 Å². The zero-order valence-electron chi connectivity index (χ0n) is 16.3. The van der Waals surface area contributed by atoms with Crippen molar-refractivity contribution >= 4 is 6.09 Å². The summed E-state index contributed by atoms with van der Waals surface area (Å²) in [6.07, 6.45) is 4.58. The lowest BCUT2D eigenvalue weighted by atomic mass is 9.79. The number of hydrogen-bond donors (Lipinski definition) is 0. The fourth-order valence-electron chi connectivity index (χ4n) is 4.47. The molecule has 0 saturated heterocycles. The van der Waals surface area contributed by atoms with Crippen molar-refractivity contribution in [3.05, 3.63) is 59.7 Å². The Hall–Kier alpha value is -2.87. The van der Waals surface area contributed by atoms with Crippen molar-refractivity contribution in [1.82, 2.24) is 4.90 Å². The van der Waals surface area contributed by atoms with E-state index < -0.39 is 17.6 Å². The number of fused-ring (bicyclic) bond motifs is 3. The summed E-state index contributed by atoms with van der Waals surface area (Å²) < 4.78 is 32.8.